The van der Waals surface area contributed by atoms with Gasteiger partial charge in [0.1, 0.15) is 36.6 Å². The fourth-order valence-corrected chi connectivity index (χ4v) is 5.03. The van der Waals surface area contributed by atoms with Crippen LogP contribution in [-0.2, 0) is 86.7 Å². The van der Waals surface area contributed by atoms with E-state index in [1.807, 2.05) is 44.2 Å². The minimum absolute atomic E-state index is 0. The molecule has 0 aromatic heterocycles. The van der Waals surface area contributed by atoms with E-state index in [0.717, 1.165) is 5.56 Å². The Morgan fingerprint density at radius 3 is 2.08 bits per heavy atom. The third-order valence-electron chi connectivity index (χ3n) is 6.83. The molecule has 1 aromatic rings. The second kappa shape index (κ2) is 14.0. The summed E-state index contributed by atoms with van der Waals surface area (Å²) in [5.41, 5.74) is 1.02. The van der Waals surface area contributed by atoms with Gasteiger partial charge in [-0.25, -0.2) is 0 Å². The van der Waals surface area contributed by atoms with Gasteiger partial charge in [-0.3, -0.25) is 0 Å². The first-order valence-electron chi connectivity index (χ1n) is 12.2. The molecule has 3 aliphatic rings. The number of hydrogen-bond donors (Lipinski definition) is 0. The standard InChI is InChI=1S/C26H39O10.Y/c1-15-18(20(27-4)22(29-6)24(33-15)31-13-16-11-9-8-10-12-16)35-25-23(30-7)21(28-5)19-17(34-25)14-32-26(2,3)36-19;/h8-12,15,17-25H,1,13-14H2,2-7H3;/q-1;. The van der Waals surface area contributed by atoms with Crippen molar-refractivity contribution in [2.45, 2.75) is 87.7 Å². The molecular weight excluding hydrogens is 561 g/mol. The van der Waals surface area contributed by atoms with Crippen LogP contribution in [0.25, 0.3) is 0 Å². The van der Waals surface area contributed by atoms with Crippen LogP contribution in [0.15, 0.2) is 30.3 Å². The first kappa shape index (κ1) is 31.5. The zero-order valence-electron chi connectivity index (χ0n) is 22.4. The molecule has 11 heteroatoms. The molecule has 10 atom stereocenters. The summed E-state index contributed by atoms with van der Waals surface area (Å²) in [4.78, 5) is 0. The Morgan fingerprint density at radius 2 is 1.46 bits per heavy atom. The maximum absolute atomic E-state index is 6.44. The third-order valence-corrected chi connectivity index (χ3v) is 6.83. The van der Waals surface area contributed by atoms with Gasteiger partial charge in [-0.1, -0.05) is 30.3 Å². The Kier molecular flexibility index (Phi) is 11.9. The van der Waals surface area contributed by atoms with Gasteiger partial charge in [0.25, 0.3) is 0 Å². The molecule has 0 aliphatic carbocycles. The Labute approximate surface area is 244 Å². The number of hydrogen-bond acceptors (Lipinski definition) is 10. The van der Waals surface area contributed by atoms with Gasteiger partial charge in [-0.2, -0.15) is 0 Å². The molecular formula is C26H39O10Y-. The van der Waals surface area contributed by atoms with Crippen LogP contribution in [0.3, 0.4) is 0 Å². The molecule has 37 heavy (non-hydrogen) atoms. The van der Waals surface area contributed by atoms with Crippen LogP contribution in [0.5, 0.6) is 0 Å². The van der Waals surface area contributed by atoms with Crippen LogP contribution in [0.4, 0.5) is 0 Å². The molecule has 3 aliphatic heterocycles. The van der Waals surface area contributed by atoms with Crippen LogP contribution in [0.1, 0.15) is 19.4 Å². The molecule has 0 saturated carbocycles. The molecule has 1 radical (unpaired) electrons. The topological polar surface area (TPSA) is 92.3 Å². The average Bonchev–Trinajstić information content (AvgIpc) is 2.87. The van der Waals surface area contributed by atoms with E-state index >= 15 is 0 Å². The summed E-state index contributed by atoms with van der Waals surface area (Å²) < 4.78 is 60.0. The van der Waals surface area contributed by atoms with E-state index in [9.17, 15) is 0 Å². The van der Waals surface area contributed by atoms with E-state index in [4.69, 9.17) is 47.4 Å². The van der Waals surface area contributed by atoms with Crippen molar-refractivity contribution in [3.63, 3.8) is 0 Å². The van der Waals surface area contributed by atoms with Crippen molar-refractivity contribution >= 4 is 0 Å². The van der Waals surface area contributed by atoms with E-state index in [2.05, 4.69) is 6.92 Å². The molecule has 3 heterocycles. The van der Waals surface area contributed by atoms with Gasteiger partial charge in [0.2, 0.25) is 0 Å². The van der Waals surface area contributed by atoms with Gasteiger partial charge < -0.3 is 54.3 Å². The van der Waals surface area contributed by atoms with Crippen LogP contribution in [-0.4, -0.2) is 102 Å². The van der Waals surface area contributed by atoms with E-state index in [1.54, 1.807) is 28.4 Å². The zero-order chi connectivity index (χ0) is 25.9. The summed E-state index contributed by atoms with van der Waals surface area (Å²) >= 11 is 0. The van der Waals surface area contributed by atoms with Crippen molar-refractivity contribution in [2.24, 2.45) is 0 Å². The number of fused-ring (bicyclic) bond motifs is 1. The molecule has 0 bridgehead atoms. The SMILES string of the molecule is [CH2-]C1OC(OCc2ccccc2)C(OC)C(OC)C1OC1OC2COC(C)(C)OC2C(OC)C1OC.[Y]. The molecule has 3 fully saturated rings. The van der Waals surface area contributed by atoms with Gasteiger partial charge in [0.15, 0.2) is 18.4 Å². The zero-order valence-corrected chi connectivity index (χ0v) is 25.3. The number of methoxy groups -OCH3 is 4. The van der Waals surface area contributed by atoms with Gasteiger partial charge in [0.05, 0.1) is 19.3 Å². The third kappa shape index (κ3) is 7.17. The normalized spacial score (nSPS) is 39.4. The fourth-order valence-electron chi connectivity index (χ4n) is 5.03. The second-order valence-corrected chi connectivity index (χ2v) is 9.58. The van der Waals surface area contributed by atoms with Crippen molar-refractivity contribution < 1.29 is 80.1 Å². The van der Waals surface area contributed by atoms with Crippen molar-refractivity contribution in [3.8, 4) is 0 Å². The minimum Gasteiger partial charge on any atom is -0.377 e. The smallest absolute Gasteiger partial charge is 0.187 e. The maximum atomic E-state index is 6.44. The summed E-state index contributed by atoms with van der Waals surface area (Å²) in [5, 5.41) is 0. The summed E-state index contributed by atoms with van der Waals surface area (Å²) in [5.74, 6) is -0.759. The molecule has 3 saturated heterocycles. The number of benzene rings is 1. The number of rotatable bonds is 9. The molecule has 207 valence electrons. The first-order chi connectivity index (χ1) is 17.3. The summed E-state index contributed by atoms with van der Waals surface area (Å²) in [6.45, 7) is 8.56. The molecule has 0 spiro atoms. The van der Waals surface area contributed by atoms with Crippen LogP contribution in [0, 0.1) is 6.92 Å². The summed E-state index contributed by atoms with van der Waals surface area (Å²) in [6, 6.07) is 9.83. The minimum atomic E-state index is -0.815. The summed E-state index contributed by atoms with van der Waals surface area (Å²) in [6.07, 6.45) is -5.75. The Balaban J connectivity index is 0.00000380. The van der Waals surface area contributed by atoms with Crippen molar-refractivity contribution in [2.75, 3.05) is 35.0 Å². The molecule has 10 nitrogen and oxygen atoms in total. The first-order valence-corrected chi connectivity index (χ1v) is 12.2. The van der Waals surface area contributed by atoms with Crippen molar-refractivity contribution in [1.29, 1.82) is 0 Å². The van der Waals surface area contributed by atoms with Crippen molar-refractivity contribution in [1.82, 2.24) is 0 Å². The van der Waals surface area contributed by atoms with E-state index in [0.29, 0.717) is 13.2 Å². The van der Waals surface area contributed by atoms with Crippen molar-refractivity contribution in [3.05, 3.63) is 42.8 Å². The predicted molar refractivity (Wildman–Crippen MR) is 127 cm³/mol. The predicted octanol–water partition coefficient (Wildman–Crippen LogP) is 2.08. The van der Waals surface area contributed by atoms with E-state index < -0.39 is 61.1 Å². The second-order valence-electron chi connectivity index (χ2n) is 9.58. The van der Waals surface area contributed by atoms with E-state index in [-0.39, 0.29) is 38.8 Å². The average molecular weight is 600 g/mol. The van der Waals surface area contributed by atoms with Gasteiger partial charge in [-0.05, 0) is 25.5 Å². The quantitative estimate of drug-likeness (QED) is 0.393. The largest absolute Gasteiger partial charge is 0.377 e. The van der Waals surface area contributed by atoms with Gasteiger partial charge in [-0.15, -0.1) is 0 Å². The van der Waals surface area contributed by atoms with Gasteiger partial charge in [0, 0.05) is 61.1 Å². The Bertz CT molecular complexity index is 814. The number of ether oxygens (including phenoxy) is 10. The van der Waals surface area contributed by atoms with Crippen LogP contribution >= 0.6 is 0 Å². The van der Waals surface area contributed by atoms with Gasteiger partial charge >= 0.3 is 0 Å². The molecule has 0 N–H and O–H groups in total. The Hall–Kier alpha value is -0.0761. The van der Waals surface area contributed by atoms with Crippen LogP contribution in [0.2, 0.25) is 0 Å². The molecule has 0 amide bonds. The molecule has 1 aromatic carbocycles. The summed E-state index contributed by atoms with van der Waals surface area (Å²) in [7, 11) is 6.37. The Morgan fingerprint density at radius 1 is 0.838 bits per heavy atom. The van der Waals surface area contributed by atoms with E-state index in [1.165, 1.54) is 0 Å². The molecule has 10 unspecified atom stereocenters. The monoisotopic (exact) mass is 600 g/mol. The maximum Gasteiger partial charge on any atom is 0.187 e. The van der Waals surface area contributed by atoms with Crippen LogP contribution < -0.4 is 0 Å². The fraction of sp³-hybridized carbons (Fsp3) is 0.731. The molecule has 4 rings (SSSR count).